The van der Waals surface area contributed by atoms with E-state index in [1.807, 2.05) is 12.1 Å². The van der Waals surface area contributed by atoms with Gasteiger partial charge in [0.25, 0.3) is 0 Å². The molecule has 0 aliphatic heterocycles. The summed E-state index contributed by atoms with van der Waals surface area (Å²) >= 11 is 0. The van der Waals surface area contributed by atoms with E-state index in [0.717, 1.165) is 18.3 Å². The zero-order valence-electron chi connectivity index (χ0n) is 12.0. The van der Waals surface area contributed by atoms with E-state index in [4.69, 9.17) is 0 Å². The highest BCUT2D eigenvalue weighted by atomic mass is 16.3. The highest BCUT2D eigenvalue weighted by Gasteiger charge is 2.52. The van der Waals surface area contributed by atoms with E-state index in [1.54, 1.807) is 0 Å². The first kappa shape index (κ1) is 12.7. The number of fused-ring (bicyclic) bond motifs is 5. The highest BCUT2D eigenvalue weighted by Crippen LogP contribution is 2.60. The van der Waals surface area contributed by atoms with Crippen LogP contribution in [0.15, 0.2) is 18.2 Å². The zero-order chi connectivity index (χ0) is 13.7. The second kappa shape index (κ2) is 4.49. The van der Waals surface area contributed by atoms with Gasteiger partial charge in [-0.3, -0.25) is 0 Å². The molecule has 0 aromatic heterocycles. The zero-order valence-corrected chi connectivity index (χ0v) is 12.0. The van der Waals surface area contributed by atoms with Crippen LogP contribution in [0.1, 0.15) is 55.6 Å². The SMILES string of the molecule is OC[C@@]12CCC[C@H]1[C@@H]1CCc3cc(O)ccc3[C@H]1CC2. The van der Waals surface area contributed by atoms with Crippen molar-refractivity contribution in [3.05, 3.63) is 29.3 Å². The number of benzene rings is 1. The van der Waals surface area contributed by atoms with Gasteiger partial charge in [-0.2, -0.15) is 0 Å². The number of hydrogen-bond acceptors (Lipinski definition) is 2. The van der Waals surface area contributed by atoms with Crippen LogP contribution in [0, 0.1) is 17.3 Å². The second-order valence-electron chi connectivity index (χ2n) is 7.25. The molecule has 2 heteroatoms. The Labute approximate surface area is 120 Å². The smallest absolute Gasteiger partial charge is 0.115 e. The van der Waals surface area contributed by atoms with Gasteiger partial charge < -0.3 is 10.2 Å². The second-order valence-corrected chi connectivity index (χ2v) is 7.25. The fourth-order valence-corrected chi connectivity index (χ4v) is 5.64. The molecule has 0 spiro atoms. The minimum absolute atomic E-state index is 0.246. The van der Waals surface area contributed by atoms with Gasteiger partial charge in [0.1, 0.15) is 5.75 Å². The van der Waals surface area contributed by atoms with Crippen molar-refractivity contribution in [2.75, 3.05) is 6.61 Å². The normalized spacial score (nSPS) is 39.0. The lowest BCUT2D eigenvalue weighted by molar-refractivity contribution is -0.00368. The number of aromatic hydroxyl groups is 1. The average molecular weight is 272 g/mol. The molecule has 0 heterocycles. The fourth-order valence-electron chi connectivity index (χ4n) is 5.64. The van der Waals surface area contributed by atoms with Gasteiger partial charge in [-0.05, 0) is 85.0 Å². The molecule has 3 aliphatic rings. The number of phenolic OH excluding ortho intramolecular Hbond substituents is 1. The van der Waals surface area contributed by atoms with Gasteiger partial charge in [0.15, 0.2) is 0 Å². The molecule has 2 fully saturated rings. The van der Waals surface area contributed by atoms with Crippen molar-refractivity contribution in [1.29, 1.82) is 0 Å². The van der Waals surface area contributed by atoms with E-state index in [2.05, 4.69) is 6.07 Å². The first-order valence-corrected chi connectivity index (χ1v) is 8.16. The van der Waals surface area contributed by atoms with Gasteiger partial charge in [-0.25, -0.2) is 0 Å². The predicted octanol–water partition coefficient (Wildman–Crippen LogP) is 3.61. The number of hydrogen-bond donors (Lipinski definition) is 2. The Balaban J connectivity index is 1.71. The van der Waals surface area contributed by atoms with Crippen LogP contribution in [-0.4, -0.2) is 16.8 Å². The molecule has 2 N–H and O–H groups in total. The summed E-state index contributed by atoms with van der Waals surface area (Å²) in [5.74, 6) is 2.56. The lowest BCUT2D eigenvalue weighted by atomic mass is 9.55. The summed E-state index contributed by atoms with van der Waals surface area (Å²) in [5, 5.41) is 19.6. The molecule has 3 aliphatic carbocycles. The minimum Gasteiger partial charge on any atom is -0.508 e. The molecule has 0 bridgehead atoms. The minimum atomic E-state index is 0.246. The molecule has 2 saturated carbocycles. The van der Waals surface area contributed by atoms with Crippen molar-refractivity contribution in [2.24, 2.45) is 17.3 Å². The molecule has 4 atom stereocenters. The van der Waals surface area contributed by atoms with Crippen molar-refractivity contribution in [3.8, 4) is 5.75 Å². The summed E-state index contributed by atoms with van der Waals surface area (Å²) < 4.78 is 0. The molecule has 20 heavy (non-hydrogen) atoms. The summed E-state index contributed by atoms with van der Waals surface area (Å²) in [4.78, 5) is 0. The first-order valence-electron chi connectivity index (χ1n) is 8.16. The predicted molar refractivity (Wildman–Crippen MR) is 78.8 cm³/mol. The molecule has 108 valence electrons. The maximum Gasteiger partial charge on any atom is 0.115 e. The van der Waals surface area contributed by atoms with Crippen LogP contribution in [0.4, 0.5) is 0 Å². The molecule has 1 aromatic rings. The van der Waals surface area contributed by atoms with E-state index in [0.29, 0.717) is 18.3 Å². The number of aliphatic hydroxyl groups excluding tert-OH is 1. The number of rotatable bonds is 1. The Bertz CT molecular complexity index is 524. The van der Waals surface area contributed by atoms with Crippen molar-refractivity contribution < 1.29 is 10.2 Å². The van der Waals surface area contributed by atoms with Gasteiger partial charge in [0.2, 0.25) is 0 Å². The molecule has 2 nitrogen and oxygen atoms in total. The Hall–Kier alpha value is -1.02. The van der Waals surface area contributed by atoms with Crippen molar-refractivity contribution in [2.45, 2.75) is 50.9 Å². The third-order valence-electron chi connectivity index (χ3n) is 6.55. The molecular weight excluding hydrogens is 248 g/mol. The lowest BCUT2D eigenvalue weighted by Crippen LogP contribution is -2.43. The molecule has 0 amide bonds. The maximum atomic E-state index is 9.94. The molecule has 4 rings (SSSR count). The van der Waals surface area contributed by atoms with Crippen LogP contribution in [0.25, 0.3) is 0 Å². The van der Waals surface area contributed by atoms with E-state index in [-0.39, 0.29) is 5.41 Å². The maximum absolute atomic E-state index is 9.94. The van der Waals surface area contributed by atoms with Crippen LogP contribution >= 0.6 is 0 Å². The first-order chi connectivity index (χ1) is 9.73. The molecule has 1 aromatic carbocycles. The van der Waals surface area contributed by atoms with E-state index in [9.17, 15) is 10.2 Å². The summed E-state index contributed by atoms with van der Waals surface area (Å²) in [6.07, 6.45) is 8.61. The molecular formula is C18H24O2. The summed E-state index contributed by atoms with van der Waals surface area (Å²) in [7, 11) is 0. The fraction of sp³-hybridized carbons (Fsp3) is 0.667. The Morgan fingerprint density at radius 1 is 1.15 bits per heavy atom. The van der Waals surface area contributed by atoms with Crippen molar-refractivity contribution >= 4 is 0 Å². The third kappa shape index (κ3) is 1.67. The molecule has 0 radical (unpaired) electrons. The Morgan fingerprint density at radius 2 is 2.05 bits per heavy atom. The number of aliphatic hydroxyl groups is 1. The molecule has 0 unspecified atom stereocenters. The van der Waals surface area contributed by atoms with Gasteiger partial charge in [0, 0.05) is 6.61 Å². The van der Waals surface area contributed by atoms with E-state index in [1.165, 1.54) is 49.7 Å². The highest BCUT2D eigenvalue weighted by molar-refractivity contribution is 5.40. The Morgan fingerprint density at radius 3 is 2.90 bits per heavy atom. The van der Waals surface area contributed by atoms with Gasteiger partial charge in [-0.1, -0.05) is 12.5 Å². The van der Waals surface area contributed by atoms with Crippen LogP contribution < -0.4 is 0 Å². The summed E-state index contributed by atoms with van der Waals surface area (Å²) in [5.41, 5.74) is 3.09. The molecule has 0 saturated heterocycles. The van der Waals surface area contributed by atoms with E-state index < -0.39 is 0 Å². The van der Waals surface area contributed by atoms with Crippen LogP contribution in [-0.2, 0) is 6.42 Å². The largest absolute Gasteiger partial charge is 0.508 e. The van der Waals surface area contributed by atoms with Crippen LogP contribution in [0.5, 0.6) is 5.75 Å². The number of phenols is 1. The standard InChI is InChI=1S/C18H24O2/c19-11-18-8-1-2-17(18)16-5-3-12-10-13(20)4-6-14(12)15(16)7-9-18/h4,6,10,15-17,19-20H,1-3,5,7-9,11H2/t15-,16-,17+,18+/m1/s1. The Kier molecular flexibility index (Phi) is 2.85. The monoisotopic (exact) mass is 272 g/mol. The van der Waals surface area contributed by atoms with Crippen molar-refractivity contribution in [3.63, 3.8) is 0 Å². The van der Waals surface area contributed by atoms with Gasteiger partial charge in [-0.15, -0.1) is 0 Å². The van der Waals surface area contributed by atoms with Gasteiger partial charge in [0.05, 0.1) is 0 Å². The summed E-state index contributed by atoms with van der Waals surface area (Å²) in [6.45, 7) is 0.392. The van der Waals surface area contributed by atoms with Gasteiger partial charge >= 0.3 is 0 Å². The van der Waals surface area contributed by atoms with Crippen molar-refractivity contribution in [1.82, 2.24) is 0 Å². The topological polar surface area (TPSA) is 40.5 Å². The summed E-state index contributed by atoms with van der Waals surface area (Å²) in [6, 6.07) is 5.97. The van der Waals surface area contributed by atoms with Crippen LogP contribution in [0.3, 0.4) is 0 Å². The lowest BCUT2D eigenvalue weighted by Gasteiger charge is -2.50. The number of aryl methyl sites for hydroxylation is 1. The average Bonchev–Trinajstić information content (AvgIpc) is 2.91. The van der Waals surface area contributed by atoms with Crippen LogP contribution in [0.2, 0.25) is 0 Å². The quantitative estimate of drug-likeness (QED) is 0.820. The third-order valence-corrected chi connectivity index (χ3v) is 6.55. The van der Waals surface area contributed by atoms with E-state index >= 15 is 0 Å².